The molecule has 1 aliphatic carbocycles. The highest BCUT2D eigenvalue weighted by molar-refractivity contribution is 5.34. The molecule has 24 heavy (non-hydrogen) atoms. The molecule has 1 aliphatic rings. The van der Waals surface area contributed by atoms with E-state index in [9.17, 15) is 13.2 Å². The standard InChI is InChI=1S/C17H20F3N3O/c1-11-22-23-16(24-11)10-21-15-9-5-3-7-13(15)12-6-2-4-8-14(12)17(18,19)20/h2,4,6,8,13,15,21H,3,5,7,9-10H2,1H3/t13-,15-/m1/s1. The number of hydrogen-bond acceptors (Lipinski definition) is 4. The van der Waals surface area contributed by atoms with Crippen LogP contribution in [0.5, 0.6) is 0 Å². The highest BCUT2D eigenvalue weighted by Gasteiger charge is 2.37. The van der Waals surface area contributed by atoms with Gasteiger partial charge in [0.05, 0.1) is 12.1 Å². The van der Waals surface area contributed by atoms with Crippen LogP contribution in [-0.2, 0) is 12.7 Å². The molecule has 1 heterocycles. The molecule has 0 bridgehead atoms. The van der Waals surface area contributed by atoms with Gasteiger partial charge in [0.15, 0.2) is 0 Å². The molecular weight excluding hydrogens is 319 g/mol. The minimum absolute atomic E-state index is 0.0329. The molecule has 1 aromatic heterocycles. The maximum Gasteiger partial charge on any atom is 0.416 e. The Morgan fingerprint density at radius 2 is 1.92 bits per heavy atom. The summed E-state index contributed by atoms with van der Waals surface area (Å²) in [6.07, 6.45) is -0.806. The van der Waals surface area contributed by atoms with Crippen molar-refractivity contribution in [3.63, 3.8) is 0 Å². The summed E-state index contributed by atoms with van der Waals surface area (Å²) in [6.45, 7) is 2.08. The Balaban J connectivity index is 1.80. The van der Waals surface area contributed by atoms with Gasteiger partial charge in [-0.25, -0.2) is 0 Å². The van der Waals surface area contributed by atoms with Crippen molar-refractivity contribution in [2.45, 2.75) is 57.3 Å². The Morgan fingerprint density at radius 3 is 2.62 bits per heavy atom. The van der Waals surface area contributed by atoms with Crippen molar-refractivity contribution in [2.24, 2.45) is 0 Å². The zero-order valence-corrected chi connectivity index (χ0v) is 13.4. The van der Waals surface area contributed by atoms with Crippen LogP contribution in [0.4, 0.5) is 13.2 Å². The third-order valence-corrected chi connectivity index (χ3v) is 4.51. The number of hydrogen-bond donors (Lipinski definition) is 1. The van der Waals surface area contributed by atoms with Crippen LogP contribution in [0, 0.1) is 6.92 Å². The van der Waals surface area contributed by atoms with Crippen LogP contribution in [0.2, 0.25) is 0 Å². The minimum atomic E-state index is -4.33. The maximum absolute atomic E-state index is 13.3. The first-order chi connectivity index (χ1) is 11.4. The van der Waals surface area contributed by atoms with Gasteiger partial charge in [0, 0.05) is 13.0 Å². The van der Waals surface area contributed by atoms with Crippen LogP contribution < -0.4 is 5.32 Å². The third kappa shape index (κ3) is 3.77. The summed E-state index contributed by atoms with van der Waals surface area (Å²) < 4.78 is 45.3. The van der Waals surface area contributed by atoms with E-state index in [0.29, 0.717) is 23.9 Å². The summed E-state index contributed by atoms with van der Waals surface area (Å²) in [4.78, 5) is 0. The molecule has 130 valence electrons. The van der Waals surface area contributed by atoms with Gasteiger partial charge < -0.3 is 9.73 Å². The van der Waals surface area contributed by atoms with Crippen molar-refractivity contribution >= 4 is 0 Å². The molecule has 1 N–H and O–H groups in total. The fourth-order valence-electron chi connectivity index (χ4n) is 3.45. The monoisotopic (exact) mass is 339 g/mol. The van der Waals surface area contributed by atoms with E-state index >= 15 is 0 Å². The van der Waals surface area contributed by atoms with Crippen LogP contribution in [0.1, 0.15) is 54.5 Å². The van der Waals surface area contributed by atoms with Crippen molar-refractivity contribution < 1.29 is 17.6 Å². The molecule has 0 saturated heterocycles. The summed E-state index contributed by atoms with van der Waals surface area (Å²) >= 11 is 0. The van der Waals surface area contributed by atoms with Gasteiger partial charge in [-0.1, -0.05) is 31.0 Å². The van der Waals surface area contributed by atoms with E-state index in [1.807, 2.05) is 0 Å². The largest absolute Gasteiger partial charge is 0.424 e. The number of aromatic nitrogens is 2. The van der Waals surface area contributed by atoms with Gasteiger partial charge in [-0.3, -0.25) is 0 Å². The van der Waals surface area contributed by atoms with Crippen LogP contribution in [0.3, 0.4) is 0 Å². The van der Waals surface area contributed by atoms with E-state index in [1.165, 1.54) is 12.1 Å². The van der Waals surface area contributed by atoms with E-state index in [2.05, 4.69) is 15.5 Å². The van der Waals surface area contributed by atoms with E-state index in [0.717, 1.165) is 25.7 Å². The Bertz CT molecular complexity index is 684. The highest BCUT2D eigenvalue weighted by Crippen LogP contribution is 2.40. The second kappa shape index (κ2) is 6.93. The molecule has 0 radical (unpaired) electrons. The van der Waals surface area contributed by atoms with Crippen LogP contribution in [-0.4, -0.2) is 16.2 Å². The second-order valence-corrected chi connectivity index (χ2v) is 6.18. The van der Waals surface area contributed by atoms with Crippen molar-refractivity contribution in [3.05, 3.63) is 47.2 Å². The molecule has 0 spiro atoms. The van der Waals surface area contributed by atoms with Gasteiger partial charge in [0.2, 0.25) is 11.8 Å². The SMILES string of the molecule is Cc1nnc(CN[C@@H]2CCCC[C@@H]2c2ccccc2C(F)(F)F)o1. The van der Waals surface area contributed by atoms with Gasteiger partial charge >= 0.3 is 6.18 Å². The predicted molar refractivity (Wildman–Crippen MR) is 82.3 cm³/mol. The van der Waals surface area contributed by atoms with Crippen molar-refractivity contribution in [1.29, 1.82) is 0 Å². The van der Waals surface area contributed by atoms with Gasteiger partial charge in [0.25, 0.3) is 0 Å². The molecule has 7 heteroatoms. The third-order valence-electron chi connectivity index (χ3n) is 4.51. The Labute approximate surface area is 138 Å². The number of alkyl halides is 3. The summed E-state index contributed by atoms with van der Waals surface area (Å²) in [6, 6.07) is 5.86. The first-order valence-corrected chi connectivity index (χ1v) is 8.13. The molecular formula is C17H20F3N3O. The molecule has 0 aliphatic heterocycles. The summed E-state index contributed by atoms with van der Waals surface area (Å²) in [5.74, 6) is 0.774. The number of nitrogens with zero attached hydrogens (tertiary/aromatic N) is 2. The Morgan fingerprint density at radius 1 is 1.17 bits per heavy atom. The summed E-state index contributed by atoms with van der Waals surface area (Å²) in [7, 11) is 0. The maximum atomic E-state index is 13.3. The zero-order valence-electron chi connectivity index (χ0n) is 13.4. The van der Waals surface area contributed by atoms with Crippen molar-refractivity contribution in [2.75, 3.05) is 0 Å². The average molecular weight is 339 g/mol. The van der Waals surface area contributed by atoms with Crippen molar-refractivity contribution in [1.82, 2.24) is 15.5 Å². The van der Waals surface area contributed by atoms with E-state index in [1.54, 1.807) is 19.1 Å². The molecule has 1 saturated carbocycles. The number of aryl methyl sites for hydroxylation is 1. The molecule has 1 fully saturated rings. The molecule has 1 aromatic carbocycles. The van der Waals surface area contributed by atoms with Crippen LogP contribution in [0.25, 0.3) is 0 Å². The van der Waals surface area contributed by atoms with E-state index in [-0.39, 0.29) is 12.0 Å². The van der Waals surface area contributed by atoms with E-state index < -0.39 is 11.7 Å². The molecule has 3 rings (SSSR count). The topological polar surface area (TPSA) is 51.0 Å². The van der Waals surface area contributed by atoms with Gasteiger partial charge in [-0.05, 0) is 30.4 Å². The number of nitrogens with one attached hydrogen (secondary N) is 1. The molecule has 2 atom stereocenters. The van der Waals surface area contributed by atoms with Gasteiger partial charge in [0.1, 0.15) is 0 Å². The smallest absolute Gasteiger partial charge is 0.416 e. The quantitative estimate of drug-likeness (QED) is 0.906. The van der Waals surface area contributed by atoms with Crippen LogP contribution >= 0.6 is 0 Å². The average Bonchev–Trinajstić information content (AvgIpc) is 2.98. The van der Waals surface area contributed by atoms with Crippen molar-refractivity contribution in [3.8, 4) is 0 Å². The van der Waals surface area contributed by atoms with Gasteiger partial charge in [-0.15, -0.1) is 10.2 Å². The summed E-state index contributed by atoms with van der Waals surface area (Å²) in [5.41, 5.74) is -0.152. The molecule has 2 aromatic rings. The number of benzene rings is 1. The highest BCUT2D eigenvalue weighted by atomic mass is 19.4. The lowest BCUT2D eigenvalue weighted by atomic mass is 9.78. The fourth-order valence-corrected chi connectivity index (χ4v) is 3.45. The van der Waals surface area contributed by atoms with E-state index in [4.69, 9.17) is 4.42 Å². The minimum Gasteiger partial charge on any atom is -0.424 e. The second-order valence-electron chi connectivity index (χ2n) is 6.18. The normalized spacial score (nSPS) is 21.8. The molecule has 0 amide bonds. The zero-order chi connectivity index (χ0) is 17.2. The first-order valence-electron chi connectivity index (χ1n) is 8.13. The molecule has 0 unspecified atom stereocenters. The van der Waals surface area contributed by atoms with Gasteiger partial charge in [-0.2, -0.15) is 13.2 Å². The lowest BCUT2D eigenvalue weighted by Crippen LogP contribution is -2.37. The Hall–Kier alpha value is -1.89. The predicted octanol–water partition coefficient (Wildman–Crippen LogP) is 4.21. The first kappa shape index (κ1) is 17.0. The fraction of sp³-hybridized carbons (Fsp3) is 0.529. The van der Waals surface area contributed by atoms with Crippen LogP contribution in [0.15, 0.2) is 28.7 Å². The number of rotatable bonds is 4. The lowest BCUT2D eigenvalue weighted by molar-refractivity contribution is -0.138. The lowest BCUT2D eigenvalue weighted by Gasteiger charge is -2.34. The number of halogens is 3. The molecule has 4 nitrogen and oxygen atoms in total. The summed E-state index contributed by atoms with van der Waals surface area (Å²) in [5, 5.41) is 11.0. The Kier molecular flexibility index (Phi) is 4.89.